The lowest BCUT2D eigenvalue weighted by molar-refractivity contribution is -0.125. The molecule has 152 valence electrons. The van der Waals surface area contributed by atoms with Crippen molar-refractivity contribution in [2.45, 2.75) is 19.4 Å². The van der Waals surface area contributed by atoms with Crippen LogP contribution in [0.5, 0.6) is 11.5 Å². The quantitative estimate of drug-likeness (QED) is 0.677. The Morgan fingerprint density at radius 3 is 2.70 bits per heavy atom. The number of para-hydroxylation sites is 2. The standard InChI is InChI=1S/C22H20N4O4/c1-14-22(29)26(18-7-2-3-8-19(18)30-14)10-9-20(28)25-16-12-23-21(24-13-16)15-5-4-6-17(27)11-15/h2-8,11-14,27H,9-10H2,1H3,(H,25,28). The van der Waals surface area contributed by atoms with Gasteiger partial charge in [0.05, 0.1) is 23.8 Å². The number of phenols is 1. The summed E-state index contributed by atoms with van der Waals surface area (Å²) in [5, 5.41) is 12.3. The highest BCUT2D eigenvalue weighted by Crippen LogP contribution is 2.33. The molecule has 0 radical (unpaired) electrons. The predicted octanol–water partition coefficient (Wildman–Crippen LogP) is 2.99. The normalized spacial score (nSPS) is 15.3. The molecule has 1 atom stereocenters. The Balaban J connectivity index is 1.39. The van der Waals surface area contributed by atoms with Gasteiger partial charge in [-0.1, -0.05) is 24.3 Å². The summed E-state index contributed by atoms with van der Waals surface area (Å²) in [4.78, 5) is 34.9. The molecular formula is C22H20N4O4. The Labute approximate surface area is 173 Å². The minimum atomic E-state index is -0.596. The number of hydrogen-bond donors (Lipinski definition) is 2. The van der Waals surface area contributed by atoms with Crippen molar-refractivity contribution in [3.63, 3.8) is 0 Å². The Hall–Kier alpha value is -3.94. The van der Waals surface area contributed by atoms with Gasteiger partial charge in [0.15, 0.2) is 11.9 Å². The first-order valence-corrected chi connectivity index (χ1v) is 9.49. The maximum Gasteiger partial charge on any atom is 0.267 e. The number of amides is 2. The van der Waals surface area contributed by atoms with E-state index in [1.807, 2.05) is 12.1 Å². The Kier molecular flexibility index (Phi) is 5.30. The number of carbonyl (C=O) groups excluding carboxylic acids is 2. The molecule has 0 saturated heterocycles. The fourth-order valence-electron chi connectivity index (χ4n) is 3.21. The van der Waals surface area contributed by atoms with Gasteiger partial charge in [-0.2, -0.15) is 0 Å². The van der Waals surface area contributed by atoms with Gasteiger partial charge in [0.1, 0.15) is 11.5 Å². The van der Waals surface area contributed by atoms with Crippen molar-refractivity contribution < 1.29 is 19.4 Å². The van der Waals surface area contributed by atoms with Gasteiger partial charge in [0.2, 0.25) is 5.91 Å². The fourth-order valence-corrected chi connectivity index (χ4v) is 3.21. The van der Waals surface area contributed by atoms with E-state index in [2.05, 4.69) is 15.3 Å². The van der Waals surface area contributed by atoms with Gasteiger partial charge in [-0.15, -0.1) is 0 Å². The summed E-state index contributed by atoms with van der Waals surface area (Å²) in [6.45, 7) is 1.92. The van der Waals surface area contributed by atoms with Gasteiger partial charge >= 0.3 is 0 Å². The Bertz CT molecular complexity index is 1080. The molecule has 0 saturated carbocycles. The average molecular weight is 404 g/mol. The third kappa shape index (κ3) is 4.07. The summed E-state index contributed by atoms with van der Waals surface area (Å²) in [5.74, 6) is 0.754. The van der Waals surface area contributed by atoms with E-state index in [4.69, 9.17) is 4.74 Å². The molecule has 8 heteroatoms. The summed E-state index contributed by atoms with van der Waals surface area (Å²) in [6.07, 6.45) is 2.52. The summed E-state index contributed by atoms with van der Waals surface area (Å²) in [6, 6.07) is 13.9. The number of aromatic nitrogens is 2. The highest BCUT2D eigenvalue weighted by molar-refractivity contribution is 6.00. The third-order valence-corrected chi connectivity index (χ3v) is 4.68. The molecule has 30 heavy (non-hydrogen) atoms. The number of hydrogen-bond acceptors (Lipinski definition) is 6. The maximum absolute atomic E-state index is 12.5. The van der Waals surface area contributed by atoms with Gasteiger partial charge < -0.3 is 20.1 Å². The van der Waals surface area contributed by atoms with Crippen molar-refractivity contribution in [2.24, 2.45) is 0 Å². The molecular weight excluding hydrogens is 384 g/mol. The summed E-state index contributed by atoms with van der Waals surface area (Å²) < 4.78 is 5.61. The number of phenolic OH excluding ortho intramolecular Hbond substituents is 1. The molecule has 3 aromatic rings. The summed E-state index contributed by atoms with van der Waals surface area (Å²) in [7, 11) is 0. The molecule has 1 aromatic heterocycles. The van der Waals surface area contributed by atoms with Crippen molar-refractivity contribution in [1.29, 1.82) is 0 Å². The number of ether oxygens (including phenoxy) is 1. The van der Waals surface area contributed by atoms with Crippen LogP contribution in [-0.4, -0.2) is 39.5 Å². The number of carbonyl (C=O) groups is 2. The van der Waals surface area contributed by atoms with E-state index < -0.39 is 6.10 Å². The third-order valence-electron chi connectivity index (χ3n) is 4.68. The number of fused-ring (bicyclic) bond motifs is 1. The minimum Gasteiger partial charge on any atom is -0.508 e. The van der Waals surface area contributed by atoms with Gasteiger partial charge in [-0.25, -0.2) is 9.97 Å². The van der Waals surface area contributed by atoms with E-state index in [1.54, 1.807) is 48.2 Å². The van der Waals surface area contributed by atoms with Gasteiger partial charge in [0.25, 0.3) is 5.91 Å². The molecule has 1 unspecified atom stereocenters. The zero-order valence-corrected chi connectivity index (χ0v) is 16.3. The lowest BCUT2D eigenvalue weighted by atomic mass is 10.1. The molecule has 2 amide bonds. The second-order valence-corrected chi connectivity index (χ2v) is 6.86. The van der Waals surface area contributed by atoms with Crippen LogP contribution >= 0.6 is 0 Å². The van der Waals surface area contributed by atoms with E-state index >= 15 is 0 Å². The lowest BCUT2D eigenvalue weighted by Gasteiger charge is -2.32. The van der Waals surface area contributed by atoms with Crippen LogP contribution in [0.25, 0.3) is 11.4 Å². The topological polar surface area (TPSA) is 105 Å². The van der Waals surface area contributed by atoms with E-state index in [0.29, 0.717) is 28.5 Å². The molecule has 0 bridgehead atoms. The Morgan fingerprint density at radius 2 is 1.93 bits per heavy atom. The van der Waals surface area contributed by atoms with Crippen molar-refractivity contribution in [1.82, 2.24) is 9.97 Å². The van der Waals surface area contributed by atoms with E-state index in [-0.39, 0.29) is 30.5 Å². The van der Waals surface area contributed by atoms with E-state index in [1.165, 1.54) is 12.4 Å². The molecule has 0 spiro atoms. The first kappa shape index (κ1) is 19.4. The number of nitrogens with one attached hydrogen (secondary N) is 1. The molecule has 8 nitrogen and oxygen atoms in total. The molecule has 1 aliphatic heterocycles. The second kappa shape index (κ2) is 8.20. The largest absolute Gasteiger partial charge is 0.508 e. The second-order valence-electron chi connectivity index (χ2n) is 6.86. The van der Waals surface area contributed by atoms with Crippen LogP contribution in [-0.2, 0) is 9.59 Å². The fraction of sp³-hybridized carbons (Fsp3) is 0.182. The van der Waals surface area contributed by atoms with Crippen molar-refractivity contribution in [2.75, 3.05) is 16.8 Å². The summed E-state index contributed by atoms with van der Waals surface area (Å²) in [5.41, 5.74) is 1.78. The highest BCUT2D eigenvalue weighted by atomic mass is 16.5. The van der Waals surface area contributed by atoms with Gasteiger partial charge in [-0.3, -0.25) is 9.59 Å². The molecule has 4 rings (SSSR count). The monoisotopic (exact) mass is 404 g/mol. The number of rotatable bonds is 5. The lowest BCUT2D eigenvalue weighted by Crippen LogP contribution is -2.45. The maximum atomic E-state index is 12.5. The van der Waals surface area contributed by atoms with E-state index in [0.717, 1.165) is 0 Å². The molecule has 2 N–H and O–H groups in total. The van der Waals surface area contributed by atoms with Crippen LogP contribution in [0.3, 0.4) is 0 Å². The van der Waals surface area contributed by atoms with Crippen LogP contribution in [0.2, 0.25) is 0 Å². The molecule has 0 aliphatic carbocycles. The van der Waals surface area contributed by atoms with Crippen molar-refractivity contribution in [3.05, 3.63) is 60.9 Å². The van der Waals surface area contributed by atoms with Crippen LogP contribution in [0, 0.1) is 0 Å². The molecule has 2 aromatic carbocycles. The first-order chi connectivity index (χ1) is 14.5. The van der Waals surface area contributed by atoms with Crippen molar-refractivity contribution >= 4 is 23.2 Å². The Morgan fingerprint density at radius 1 is 1.17 bits per heavy atom. The predicted molar refractivity (Wildman–Crippen MR) is 111 cm³/mol. The van der Waals surface area contributed by atoms with E-state index in [9.17, 15) is 14.7 Å². The zero-order valence-electron chi connectivity index (χ0n) is 16.3. The molecule has 2 heterocycles. The minimum absolute atomic E-state index is 0.112. The number of benzene rings is 2. The smallest absolute Gasteiger partial charge is 0.267 e. The SMILES string of the molecule is CC1Oc2ccccc2N(CCC(=O)Nc2cnc(-c3cccc(O)c3)nc2)C1=O. The first-order valence-electron chi connectivity index (χ1n) is 9.49. The highest BCUT2D eigenvalue weighted by Gasteiger charge is 2.31. The summed E-state index contributed by atoms with van der Waals surface area (Å²) >= 11 is 0. The average Bonchev–Trinajstić information content (AvgIpc) is 2.74. The number of anilines is 2. The number of aromatic hydroxyl groups is 1. The molecule has 1 aliphatic rings. The van der Waals surface area contributed by atoms with Gasteiger partial charge in [-0.05, 0) is 31.2 Å². The van der Waals surface area contributed by atoms with Crippen LogP contribution in [0.1, 0.15) is 13.3 Å². The zero-order chi connectivity index (χ0) is 21.1. The van der Waals surface area contributed by atoms with Crippen LogP contribution < -0.4 is 15.0 Å². The van der Waals surface area contributed by atoms with Gasteiger partial charge in [0, 0.05) is 18.5 Å². The molecule has 0 fully saturated rings. The van der Waals surface area contributed by atoms with Crippen LogP contribution in [0.15, 0.2) is 60.9 Å². The van der Waals surface area contributed by atoms with Crippen molar-refractivity contribution in [3.8, 4) is 22.9 Å². The van der Waals surface area contributed by atoms with Crippen LogP contribution in [0.4, 0.5) is 11.4 Å². The number of nitrogens with zero attached hydrogens (tertiary/aromatic N) is 3.